The van der Waals surface area contributed by atoms with Crippen molar-refractivity contribution in [3.05, 3.63) is 29.6 Å². The summed E-state index contributed by atoms with van der Waals surface area (Å²) in [7, 11) is 2.98. The van der Waals surface area contributed by atoms with E-state index in [0.29, 0.717) is 17.3 Å². The summed E-state index contributed by atoms with van der Waals surface area (Å²) < 4.78 is 10.2. The number of methoxy groups -OCH3 is 2. The molecule has 0 saturated carbocycles. The number of tetrazole rings is 1. The van der Waals surface area contributed by atoms with E-state index in [0.717, 1.165) is 0 Å². The molecule has 11 heteroatoms. The molecule has 148 valence electrons. The third-order valence-electron chi connectivity index (χ3n) is 4.97. The van der Waals surface area contributed by atoms with Gasteiger partial charge in [-0.3, -0.25) is 14.5 Å². The highest BCUT2D eigenvalue weighted by molar-refractivity contribution is 8.02. The van der Waals surface area contributed by atoms with Crippen LogP contribution in [0.5, 0.6) is 11.5 Å². The molecule has 2 amide bonds. The van der Waals surface area contributed by atoms with Crippen molar-refractivity contribution in [3.8, 4) is 11.5 Å². The van der Waals surface area contributed by atoms with Crippen molar-refractivity contribution < 1.29 is 19.1 Å². The minimum Gasteiger partial charge on any atom is -0.496 e. The Morgan fingerprint density at radius 3 is 2.54 bits per heavy atom. The first-order chi connectivity index (χ1) is 13.3. The Kier molecular flexibility index (Phi) is 4.21. The lowest BCUT2D eigenvalue weighted by molar-refractivity contribution is -0.153. The fourth-order valence-corrected chi connectivity index (χ4v) is 5.72. The maximum atomic E-state index is 13.2. The van der Waals surface area contributed by atoms with Crippen LogP contribution in [-0.4, -0.2) is 61.3 Å². The minimum atomic E-state index is -0.894. The van der Waals surface area contributed by atoms with Crippen LogP contribution in [0, 0.1) is 0 Å². The van der Waals surface area contributed by atoms with Crippen molar-refractivity contribution in [1.29, 1.82) is 0 Å². The van der Waals surface area contributed by atoms with Crippen molar-refractivity contribution >= 4 is 23.6 Å². The number of aromatic amines is 1. The van der Waals surface area contributed by atoms with E-state index in [1.54, 1.807) is 23.1 Å². The highest BCUT2D eigenvalue weighted by Gasteiger charge is 2.67. The van der Waals surface area contributed by atoms with Gasteiger partial charge in [0.05, 0.1) is 20.6 Å². The Balaban J connectivity index is 1.69. The number of β-lactam (4-membered cyclic amide) rings is 1. The second-order valence-electron chi connectivity index (χ2n) is 7.09. The van der Waals surface area contributed by atoms with Gasteiger partial charge in [0.25, 0.3) is 5.91 Å². The molecule has 28 heavy (non-hydrogen) atoms. The molecule has 2 aliphatic rings. The molecule has 0 radical (unpaired) electrons. The molecule has 2 N–H and O–H groups in total. The molecule has 0 aliphatic carbocycles. The number of aromatic nitrogens is 4. The number of rotatable bonds is 5. The SMILES string of the molecule is COc1cccc(OC)c1C(=O)NC12CC(=O)N1C(c1nn[nH]n1)C(C)(C)S2. The van der Waals surface area contributed by atoms with Crippen LogP contribution < -0.4 is 14.8 Å². The van der Waals surface area contributed by atoms with Gasteiger partial charge in [0.2, 0.25) is 5.91 Å². The van der Waals surface area contributed by atoms with Gasteiger partial charge in [-0.2, -0.15) is 5.21 Å². The molecular formula is C17H20N6O4S. The number of carbonyl (C=O) groups excluding carboxylic acids is 2. The first-order valence-corrected chi connectivity index (χ1v) is 9.44. The zero-order chi connectivity index (χ0) is 20.1. The molecule has 2 aliphatic heterocycles. The molecule has 2 unspecified atom stereocenters. The topological polar surface area (TPSA) is 122 Å². The molecule has 1 aromatic heterocycles. The summed E-state index contributed by atoms with van der Waals surface area (Å²) in [6, 6.07) is 4.70. The molecule has 0 spiro atoms. The smallest absolute Gasteiger partial charge is 0.261 e. The molecule has 3 heterocycles. The second kappa shape index (κ2) is 6.36. The number of nitrogens with zero attached hydrogens (tertiary/aromatic N) is 4. The van der Waals surface area contributed by atoms with Crippen LogP contribution in [0.1, 0.15) is 42.5 Å². The Morgan fingerprint density at radius 2 is 2.00 bits per heavy atom. The predicted molar refractivity (Wildman–Crippen MR) is 99.8 cm³/mol. The maximum absolute atomic E-state index is 13.2. The van der Waals surface area contributed by atoms with E-state index in [1.807, 2.05) is 13.8 Å². The number of H-pyrrole nitrogens is 1. The van der Waals surface area contributed by atoms with Crippen molar-refractivity contribution in [2.45, 2.75) is 36.1 Å². The zero-order valence-electron chi connectivity index (χ0n) is 15.8. The monoisotopic (exact) mass is 404 g/mol. The van der Waals surface area contributed by atoms with Gasteiger partial charge in [0.1, 0.15) is 23.1 Å². The van der Waals surface area contributed by atoms with Gasteiger partial charge < -0.3 is 14.8 Å². The lowest BCUT2D eigenvalue weighted by Gasteiger charge is -2.47. The first-order valence-electron chi connectivity index (χ1n) is 8.62. The summed E-state index contributed by atoms with van der Waals surface area (Å²) in [6.07, 6.45) is 0.179. The molecule has 1 aromatic carbocycles. The van der Waals surface area contributed by atoms with Gasteiger partial charge >= 0.3 is 0 Å². The number of fused-ring (bicyclic) bond motifs is 1. The van der Waals surface area contributed by atoms with Gasteiger partial charge in [-0.05, 0) is 26.0 Å². The van der Waals surface area contributed by atoms with Crippen LogP contribution >= 0.6 is 11.8 Å². The fraction of sp³-hybridized carbons (Fsp3) is 0.471. The first kappa shape index (κ1) is 18.5. The molecule has 2 fully saturated rings. The lowest BCUT2D eigenvalue weighted by atomic mass is 9.95. The van der Waals surface area contributed by atoms with Crippen LogP contribution in [-0.2, 0) is 4.79 Å². The second-order valence-corrected chi connectivity index (χ2v) is 9.03. The van der Waals surface area contributed by atoms with Gasteiger partial charge in [-0.1, -0.05) is 11.3 Å². The van der Waals surface area contributed by atoms with Crippen molar-refractivity contribution in [2.75, 3.05) is 14.2 Å². The van der Waals surface area contributed by atoms with E-state index in [1.165, 1.54) is 26.0 Å². The number of hydrogen-bond acceptors (Lipinski definition) is 8. The van der Waals surface area contributed by atoms with Crippen LogP contribution in [0.4, 0.5) is 0 Å². The largest absolute Gasteiger partial charge is 0.496 e. The van der Waals surface area contributed by atoms with E-state index >= 15 is 0 Å². The molecule has 4 rings (SSSR count). The summed E-state index contributed by atoms with van der Waals surface area (Å²) >= 11 is 1.49. The third-order valence-corrected chi connectivity index (χ3v) is 6.50. The van der Waals surface area contributed by atoms with Crippen LogP contribution in [0.3, 0.4) is 0 Å². The fourth-order valence-electron chi connectivity index (χ4n) is 3.88. The average molecular weight is 404 g/mol. The van der Waals surface area contributed by atoms with E-state index in [9.17, 15) is 9.59 Å². The number of ether oxygens (including phenoxy) is 2. The van der Waals surface area contributed by atoms with Crippen molar-refractivity contribution in [2.24, 2.45) is 0 Å². The Bertz CT molecular complexity index is 911. The highest BCUT2D eigenvalue weighted by Crippen LogP contribution is 2.62. The van der Waals surface area contributed by atoms with Gasteiger partial charge in [0.15, 0.2) is 10.8 Å². The molecule has 2 aromatic rings. The predicted octanol–water partition coefficient (Wildman–Crippen LogP) is 1.10. The average Bonchev–Trinajstić information content (AvgIpc) is 3.23. The van der Waals surface area contributed by atoms with Crippen LogP contribution in [0.2, 0.25) is 0 Å². The Morgan fingerprint density at radius 1 is 1.32 bits per heavy atom. The third kappa shape index (κ3) is 2.60. The van der Waals surface area contributed by atoms with Crippen molar-refractivity contribution in [1.82, 2.24) is 30.8 Å². The summed E-state index contributed by atoms with van der Waals surface area (Å²) in [6.45, 7) is 3.98. The summed E-state index contributed by atoms with van der Waals surface area (Å²) in [4.78, 5) is 26.4. The molecule has 2 saturated heterocycles. The van der Waals surface area contributed by atoms with Gasteiger partial charge in [-0.25, -0.2) is 0 Å². The molecular weight excluding hydrogens is 384 g/mol. The van der Waals surface area contributed by atoms with Crippen LogP contribution in [0.25, 0.3) is 0 Å². The number of hydrogen-bond donors (Lipinski definition) is 2. The summed E-state index contributed by atoms with van der Waals surface area (Å²) in [5.74, 6) is 0.727. The molecule has 0 bridgehead atoms. The molecule has 2 atom stereocenters. The molecule has 10 nitrogen and oxygen atoms in total. The maximum Gasteiger partial charge on any atom is 0.261 e. The van der Waals surface area contributed by atoms with E-state index in [2.05, 4.69) is 25.9 Å². The highest BCUT2D eigenvalue weighted by atomic mass is 32.2. The summed E-state index contributed by atoms with van der Waals surface area (Å²) in [5, 5.41) is 17.2. The number of benzene rings is 1. The minimum absolute atomic E-state index is 0.0832. The quantitative estimate of drug-likeness (QED) is 0.711. The summed E-state index contributed by atoms with van der Waals surface area (Å²) in [5.41, 5.74) is 0.280. The van der Waals surface area contributed by atoms with Gasteiger partial charge in [0, 0.05) is 4.75 Å². The Hall–Kier alpha value is -2.82. The van der Waals surface area contributed by atoms with Gasteiger partial charge in [-0.15, -0.1) is 22.0 Å². The van der Waals surface area contributed by atoms with Crippen molar-refractivity contribution in [3.63, 3.8) is 0 Å². The number of amides is 2. The normalized spacial score (nSPS) is 25.1. The van der Waals surface area contributed by atoms with E-state index < -0.39 is 15.8 Å². The Labute approximate surface area is 165 Å². The van der Waals surface area contributed by atoms with Crippen LogP contribution in [0.15, 0.2) is 18.2 Å². The number of carbonyl (C=O) groups is 2. The van der Waals surface area contributed by atoms with E-state index in [4.69, 9.17) is 9.47 Å². The van der Waals surface area contributed by atoms with E-state index in [-0.39, 0.29) is 23.8 Å². The number of nitrogens with one attached hydrogen (secondary N) is 2. The standard InChI is InChI=1S/C17H20N6O4S/c1-16(2)13(14-19-21-22-20-14)23-11(24)8-17(23,28-16)18-15(25)12-9(26-3)6-5-7-10(12)27-4/h5-7,13H,8H2,1-4H3,(H,18,25)(H,19,20,21,22). The zero-order valence-corrected chi connectivity index (χ0v) is 16.7. The lowest BCUT2D eigenvalue weighted by Crippen LogP contribution is -2.67. The number of thioether (sulfide) groups is 1.